The molecule has 0 aliphatic heterocycles. The molecular weight excluding hydrogens is 127 g/mol. The first-order valence-corrected chi connectivity index (χ1v) is 3.67. The molecule has 0 aromatic heterocycles. The Morgan fingerprint density at radius 3 is 2.89 bits per heavy atom. The zero-order chi connectivity index (χ0) is 6.69. The van der Waals surface area contributed by atoms with Crippen LogP contribution in [0, 0.1) is 0 Å². The van der Waals surface area contributed by atoms with Gasteiger partial charge in [0.05, 0.1) is 0 Å². The zero-order valence-electron chi connectivity index (χ0n) is 5.59. The van der Waals surface area contributed by atoms with E-state index in [1.54, 1.807) is 0 Å². The summed E-state index contributed by atoms with van der Waals surface area (Å²) in [6, 6.07) is 0. The highest BCUT2D eigenvalue weighted by Crippen LogP contribution is 2.14. The predicted molar refractivity (Wildman–Crippen MR) is 45.3 cm³/mol. The van der Waals surface area contributed by atoms with Crippen molar-refractivity contribution in [2.24, 2.45) is 0 Å². The Balaban J connectivity index is 2.75. The molecule has 0 amide bonds. The standard InChI is InChI=1S/C8H11P/c1-7-3-2-4-8(9)6-5-7/h3-6H,2,9H2,1H3. The lowest BCUT2D eigenvalue weighted by Crippen LogP contribution is -1.62. The van der Waals surface area contributed by atoms with Crippen LogP contribution in [0.1, 0.15) is 13.3 Å². The molecule has 0 bridgehead atoms. The Labute approximate surface area is 58.5 Å². The summed E-state index contributed by atoms with van der Waals surface area (Å²) in [6.45, 7) is 2.12. The van der Waals surface area contributed by atoms with Gasteiger partial charge in [0.1, 0.15) is 0 Å². The van der Waals surface area contributed by atoms with E-state index in [9.17, 15) is 0 Å². The summed E-state index contributed by atoms with van der Waals surface area (Å²) in [5, 5.41) is 1.28. The molecule has 0 saturated carbocycles. The second-order valence-corrected chi connectivity index (χ2v) is 2.89. The van der Waals surface area contributed by atoms with Crippen LogP contribution in [0.5, 0.6) is 0 Å². The van der Waals surface area contributed by atoms with Crippen LogP contribution in [0.3, 0.4) is 0 Å². The fourth-order valence-corrected chi connectivity index (χ4v) is 0.977. The molecule has 1 aliphatic carbocycles. The maximum Gasteiger partial charge on any atom is -0.0154 e. The van der Waals surface area contributed by atoms with E-state index in [0.29, 0.717) is 0 Å². The smallest absolute Gasteiger partial charge is 0.0154 e. The molecule has 1 unspecified atom stereocenters. The van der Waals surface area contributed by atoms with Gasteiger partial charge in [-0.3, -0.25) is 0 Å². The Morgan fingerprint density at radius 1 is 1.33 bits per heavy atom. The van der Waals surface area contributed by atoms with E-state index in [-0.39, 0.29) is 0 Å². The lowest BCUT2D eigenvalue weighted by Gasteiger charge is -1.83. The van der Waals surface area contributed by atoms with Crippen molar-refractivity contribution < 1.29 is 0 Å². The summed E-state index contributed by atoms with van der Waals surface area (Å²) < 4.78 is 0. The van der Waals surface area contributed by atoms with Crippen LogP contribution >= 0.6 is 9.24 Å². The van der Waals surface area contributed by atoms with Gasteiger partial charge in [-0.25, -0.2) is 0 Å². The van der Waals surface area contributed by atoms with Gasteiger partial charge in [0, 0.05) is 0 Å². The highest BCUT2D eigenvalue weighted by molar-refractivity contribution is 7.22. The second-order valence-electron chi connectivity index (χ2n) is 2.22. The van der Waals surface area contributed by atoms with Crippen LogP contribution in [0.25, 0.3) is 0 Å². The summed E-state index contributed by atoms with van der Waals surface area (Å²) in [4.78, 5) is 0. The SMILES string of the molecule is CC1=CCC=C(P)C=C1. The van der Waals surface area contributed by atoms with Gasteiger partial charge >= 0.3 is 0 Å². The lowest BCUT2D eigenvalue weighted by atomic mass is 10.2. The first-order chi connectivity index (χ1) is 4.29. The van der Waals surface area contributed by atoms with Crippen molar-refractivity contribution in [1.29, 1.82) is 0 Å². The maximum atomic E-state index is 2.70. The summed E-state index contributed by atoms with van der Waals surface area (Å²) in [5.74, 6) is 0. The van der Waals surface area contributed by atoms with E-state index in [0.717, 1.165) is 6.42 Å². The van der Waals surface area contributed by atoms with Crippen molar-refractivity contribution in [2.75, 3.05) is 0 Å². The van der Waals surface area contributed by atoms with Crippen molar-refractivity contribution in [3.63, 3.8) is 0 Å². The van der Waals surface area contributed by atoms with Crippen LogP contribution in [-0.2, 0) is 0 Å². The average molecular weight is 138 g/mol. The molecule has 0 fully saturated rings. The molecule has 1 aliphatic rings. The number of hydrogen-bond donors (Lipinski definition) is 0. The Bertz CT molecular complexity index is 165. The third kappa shape index (κ3) is 2.15. The average Bonchev–Trinajstić information content (AvgIpc) is 1.97. The Morgan fingerprint density at radius 2 is 2.11 bits per heavy atom. The van der Waals surface area contributed by atoms with E-state index in [1.807, 2.05) is 0 Å². The summed E-state index contributed by atoms with van der Waals surface area (Å²) in [5.41, 5.74) is 1.35. The van der Waals surface area contributed by atoms with Crippen LogP contribution in [0.4, 0.5) is 0 Å². The molecule has 0 heterocycles. The van der Waals surface area contributed by atoms with Crippen molar-refractivity contribution in [3.8, 4) is 0 Å². The highest BCUT2D eigenvalue weighted by Gasteiger charge is 1.87. The van der Waals surface area contributed by atoms with Crippen LogP contribution < -0.4 is 0 Å². The highest BCUT2D eigenvalue weighted by atomic mass is 31.0. The van der Waals surface area contributed by atoms with Crippen molar-refractivity contribution in [1.82, 2.24) is 0 Å². The molecular formula is C8H11P. The van der Waals surface area contributed by atoms with E-state index in [1.165, 1.54) is 10.9 Å². The van der Waals surface area contributed by atoms with Crippen LogP contribution in [0.2, 0.25) is 0 Å². The van der Waals surface area contributed by atoms with Gasteiger partial charge in [-0.05, 0) is 18.7 Å². The molecule has 1 heteroatoms. The topological polar surface area (TPSA) is 0 Å². The normalized spacial score (nSPS) is 18.4. The molecule has 1 rings (SSSR count). The monoisotopic (exact) mass is 138 g/mol. The first-order valence-electron chi connectivity index (χ1n) is 3.09. The third-order valence-electron chi connectivity index (χ3n) is 1.33. The van der Waals surface area contributed by atoms with E-state index < -0.39 is 0 Å². The third-order valence-corrected chi connectivity index (χ3v) is 1.76. The fourth-order valence-electron chi connectivity index (χ4n) is 0.745. The maximum absolute atomic E-state index is 2.70. The van der Waals surface area contributed by atoms with Gasteiger partial charge in [0.25, 0.3) is 0 Å². The van der Waals surface area contributed by atoms with Gasteiger partial charge in [-0.15, -0.1) is 9.24 Å². The van der Waals surface area contributed by atoms with Gasteiger partial charge < -0.3 is 0 Å². The Kier molecular flexibility index (Phi) is 2.24. The second kappa shape index (κ2) is 2.98. The van der Waals surface area contributed by atoms with Gasteiger partial charge in [0.2, 0.25) is 0 Å². The van der Waals surface area contributed by atoms with Gasteiger partial charge in [-0.1, -0.05) is 29.9 Å². The molecule has 0 N–H and O–H groups in total. The molecule has 9 heavy (non-hydrogen) atoms. The number of allylic oxidation sites excluding steroid dienone is 6. The predicted octanol–water partition coefficient (Wildman–Crippen LogP) is 2.65. The molecule has 48 valence electrons. The quantitative estimate of drug-likeness (QED) is 0.451. The summed E-state index contributed by atoms with van der Waals surface area (Å²) in [6.07, 6.45) is 9.72. The van der Waals surface area contributed by atoms with E-state index in [4.69, 9.17) is 0 Å². The van der Waals surface area contributed by atoms with Crippen molar-refractivity contribution in [3.05, 3.63) is 35.2 Å². The fraction of sp³-hybridized carbons (Fsp3) is 0.250. The number of hydrogen-bond acceptors (Lipinski definition) is 0. The van der Waals surface area contributed by atoms with Crippen LogP contribution in [-0.4, -0.2) is 0 Å². The van der Waals surface area contributed by atoms with Crippen molar-refractivity contribution in [2.45, 2.75) is 13.3 Å². The first kappa shape index (κ1) is 6.77. The van der Waals surface area contributed by atoms with E-state index >= 15 is 0 Å². The molecule has 1 atom stereocenters. The van der Waals surface area contributed by atoms with Crippen molar-refractivity contribution >= 4 is 9.24 Å². The molecule has 0 radical (unpaired) electrons. The lowest BCUT2D eigenvalue weighted by molar-refractivity contribution is 1.35. The minimum Gasteiger partial charge on any atom is -0.106 e. The minimum atomic E-state index is 1.07. The minimum absolute atomic E-state index is 1.07. The van der Waals surface area contributed by atoms with Gasteiger partial charge in [0.15, 0.2) is 0 Å². The molecule has 0 aromatic carbocycles. The molecule has 0 aromatic rings. The largest absolute Gasteiger partial charge is 0.106 e. The molecule has 0 saturated heterocycles. The number of rotatable bonds is 0. The summed E-state index contributed by atoms with van der Waals surface area (Å²) in [7, 11) is 2.70. The zero-order valence-corrected chi connectivity index (χ0v) is 6.75. The van der Waals surface area contributed by atoms with Gasteiger partial charge in [-0.2, -0.15) is 0 Å². The molecule has 0 spiro atoms. The van der Waals surface area contributed by atoms with E-state index in [2.05, 4.69) is 40.5 Å². The van der Waals surface area contributed by atoms with Crippen LogP contribution in [0.15, 0.2) is 35.2 Å². The molecule has 0 nitrogen and oxygen atoms in total. The summed E-state index contributed by atoms with van der Waals surface area (Å²) >= 11 is 0. The Hall–Kier alpha value is -0.350.